The van der Waals surface area contributed by atoms with Gasteiger partial charge >= 0.3 is 0 Å². The molecule has 6 nitrogen and oxygen atoms in total. The summed E-state index contributed by atoms with van der Waals surface area (Å²) in [5.41, 5.74) is 12.5. The molecule has 0 aliphatic rings. The quantitative estimate of drug-likeness (QED) is 0.727. The Morgan fingerprint density at radius 3 is 2.65 bits per heavy atom. The number of nitrogens with two attached hydrogens (primary N) is 2. The van der Waals surface area contributed by atoms with Crippen molar-refractivity contribution >= 4 is 23.4 Å². The fourth-order valence-electron chi connectivity index (χ4n) is 2.39. The van der Waals surface area contributed by atoms with E-state index in [4.69, 9.17) is 27.8 Å². The molecule has 2 aromatic carbocycles. The number of nitriles is 1. The molecule has 0 aliphatic carbocycles. The predicted molar refractivity (Wildman–Crippen MR) is 96.7 cm³/mol. The normalized spacial score (nSPS) is 10.3. The molecule has 0 amide bonds. The van der Waals surface area contributed by atoms with Crippen LogP contribution in [0, 0.1) is 17.1 Å². The van der Waals surface area contributed by atoms with Gasteiger partial charge in [0.05, 0.1) is 5.69 Å². The van der Waals surface area contributed by atoms with E-state index >= 15 is 0 Å². The average molecular weight is 370 g/mol. The third-order valence-electron chi connectivity index (χ3n) is 3.60. The van der Waals surface area contributed by atoms with Crippen molar-refractivity contribution in [3.8, 4) is 23.1 Å². The van der Waals surface area contributed by atoms with Gasteiger partial charge in [-0.2, -0.15) is 10.2 Å². The van der Waals surface area contributed by atoms with Gasteiger partial charge in [-0.15, -0.1) is 0 Å². The lowest BCUT2D eigenvalue weighted by Gasteiger charge is -2.14. The number of hydrogen-bond donors (Lipinski definition) is 2. The number of ether oxygens (including phenoxy) is 1. The lowest BCUT2D eigenvalue weighted by Crippen LogP contribution is -2.06. The van der Waals surface area contributed by atoms with Crippen molar-refractivity contribution in [2.75, 3.05) is 11.5 Å². The van der Waals surface area contributed by atoms with E-state index in [-0.39, 0.29) is 35.4 Å². The van der Waals surface area contributed by atoms with Gasteiger partial charge < -0.3 is 16.2 Å². The van der Waals surface area contributed by atoms with Crippen molar-refractivity contribution in [3.63, 3.8) is 0 Å². The maximum Gasteiger partial charge on any atom is 0.222 e. The van der Waals surface area contributed by atoms with E-state index in [1.54, 1.807) is 36.4 Å². The molecule has 0 atom stereocenters. The minimum atomic E-state index is -0.378. The molecule has 0 bridgehead atoms. The van der Waals surface area contributed by atoms with Gasteiger partial charge in [-0.05, 0) is 24.3 Å². The SMILES string of the molecule is N#Cc1c(N)nc(N)nc1-c1cc(Cl)ccc1OCc1ccccc1F. The van der Waals surface area contributed by atoms with Gasteiger partial charge in [-0.1, -0.05) is 29.8 Å². The molecule has 3 aromatic rings. The molecule has 0 saturated heterocycles. The standard InChI is InChI=1S/C18H13ClFN5O/c19-11-5-6-15(26-9-10-3-1-2-4-14(10)20)12(7-11)16-13(8-21)17(22)25-18(23)24-16/h1-7H,9H2,(H4,22,23,24,25). The number of anilines is 2. The highest BCUT2D eigenvalue weighted by molar-refractivity contribution is 6.31. The highest BCUT2D eigenvalue weighted by Crippen LogP contribution is 2.35. The Morgan fingerprint density at radius 1 is 1.15 bits per heavy atom. The van der Waals surface area contributed by atoms with E-state index in [0.29, 0.717) is 21.9 Å². The smallest absolute Gasteiger partial charge is 0.222 e. The van der Waals surface area contributed by atoms with E-state index < -0.39 is 0 Å². The van der Waals surface area contributed by atoms with E-state index in [2.05, 4.69) is 9.97 Å². The zero-order valence-electron chi connectivity index (χ0n) is 13.4. The summed E-state index contributed by atoms with van der Waals surface area (Å²) >= 11 is 6.08. The van der Waals surface area contributed by atoms with Crippen molar-refractivity contribution in [1.82, 2.24) is 9.97 Å². The number of aromatic nitrogens is 2. The molecular formula is C18H13ClFN5O. The van der Waals surface area contributed by atoms with Gasteiger partial charge in [0.25, 0.3) is 0 Å². The molecule has 1 aromatic heterocycles. The Hall–Kier alpha value is -3.37. The first-order valence-electron chi connectivity index (χ1n) is 7.49. The summed E-state index contributed by atoms with van der Waals surface area (Å²) in [6, 6.07) is 13.0. The van der Waals surface area contributed by atoms with Crippen LogP contribution < -0.4 is 16.2 Å². The molecule has 3 rings (SSSR count). The van der Waals surface area contributed by atoms with Crippen molar-refractivity contribution in [3.05, 3.63) is 64.4 Å². The minimum Gasteiger partial charge on any atom is -0.488 e. The number of benzene rings is 2. The maximum atomic E-state index is 13.8. The Morgan fingerprint density at radius 2 is 1.92 bits per heavy atom. The average Bonchev–Trinajstić information content (AvgIpc) is 2.61. The topological polar surface area (TPSA) is 111 Å². The first-order chi connectivity index (χ1) is 12.5. The first-order valence-corrected chi connectivity index (χ1v) is 7.86. The molecule has 0 radical (unpaired) electrons. The third-order valence-corrected chi connectivity index (χ3v) is 3.84. The second-order valence-corrected chi connectivity index (χ2v) is 5.76. The molecule has 130 valence electrons. The summed E-state index contributed by atoms with van der Waals surface area (Å²) in [5.74, 6) is -0.158. The summed E-state index contributed by atoms with van der Waals surface area (Å²) < 4.78 is 19.5. The second-order valence-electron chi connectivity index (χ2n) is 5.32. The zero-order valence-corrected chi connectivity index (χ0v) is 14.2. The van der Waals surface area contributed by atoms with Crippen molar-refractivity contribution in [1.29, 1.82) is 5.26 Å². The number of halogens is 2. The molecule has 0 saturated carbocycles. The number of hydrogen-bond acceptors (Lipinski definition) is 6. The van der Waals surface area contributed by atoms with E-state index in [0.717, 1.165) is 0 Å². The van der Waals surface area contributed by atoms with Crippen LogP contribution in [0.4, 0.5) is 16.2 Å². The lowest BCUT2D eigenvalue weighted by atomic mass is 10.1. The maximum absolute atomic E-state index is 13.8. The van der Waals surface area contributed by atoms with Gasteiger partial charge in [0.15, 0.2) is 0 Å². The zero-order chi connectivity index (χ0) is 18.7. The summed E-state index contributed by atoms with van der Waals surface area (Å²) in [5, 5.41) is 9.78. The molecule has 26 heavy (non-hydrogen) atoms. The Bertz CT molecular complexity index is 1020. The summed E-state index contributed by atoms with van der Waals surface area (Å²) in [7, 11) is 0. The minimum absolute atomic E-state index is 0.0146. The number of nitrogens with zero attached hydrogens (tertiary/aromatic N) is 3. The molecule has 0 aliphatic heterocycles. The van der Waals surface area contributed by atoms with Crippen LogP contribution in [0.5, 0.6) is 5.75 Å². The molecule has 0 unspecified atom stereocenters. The Labute approximate surface area is 153 Å². The van der Waals surface area contributed by atoms with Crippen LogP contribution in [0.3, 0.4) is 0 Å². The van der Waals surface area contributed by atoms with Gasteiger partial charge in [0, 0.05) is 16.1 Å². The van der Waals surface area contributed by atoms with Gasteiger partial charge in [-0.3, -0.25) is 0 Å². The summed E-state index contributed by atoms with van der Waals surface area (Å²) in [4.78, 5) is 7.89. The molecular weight excluding hydrogens is 357 g/mol. The molecule has 4 N–H and O–H groups in total. The summed E-state index contributed by atoms with van der Waals surface area (Å²) in [6.07, 6.45) is 0. The van der Waals surface area contributed by atoms with E-state index in [1.165, 1.54) is 6.07 Å². The van der Waals surface area contributed by atoms with Crippen LogP contribution in [0.25, 0.3) is 11.3 Å². The first kappa shape index (κ1) is 17.5. The third kappa shape index (κ3) is 3.50. The Kier molecular flexibility index (Phi) is 4.87. The van der Waals surface area contributed by atoms with Gasteiger partial charge in [0.2, 0.25) is 5.95 Å². The highest BCUT2D eigenvalue weighted by atomic mass is 35.5. The van der Waals surface area contributed by atoms with Crippen LogP contribution in [-0.2, 0) is 6.61 Å². The second kappa shape index (κ2) is 7.25. The number of rotatable bonds is 4. The number of nitrogen functional groups attached to an aromatic ring is 2. The van der Waals surface area contributed by atoms with Crippen molar-refractivity contribution in [2.45, 2.75) is 6.61 Å². The summed E-state index contributed by atoms with van der Waals surface area (Å²) in [6.45, 7) is -0.0146. The fraction of sp³-hybridized carbons (Fsp3) is 0.0556. The van der Waals surface area contributed by atoms with Gasteiger partial charge in [0.1, 0.15) is 35.6 Å². The molecule has 1 heterocycles. The van der Waals surface area contributed by atoms with Crippen LogP contribution >= 0.6 is 11.6 Å². The van der Waals surface area contributed by atoms with Crippen molar-refractivity contribution < 1.29 is 9.13 Å². The monoisotopic (exact) mass is 369 g/mol. The van der Waals surface area contributed by atoms with E-state index in [9.17, 15) is 9.65 Å². The van der Waals surface area contributed by atoms with E-state index in [1.807, 2.05) is 6.07 Å². The van der Waals surface area contributed by atoms with Crippen LogP contribution in [-0.4, -0.2) is 9.97 Å². The molecule has 0 fully saturated rings. The Balaban J connectivity index is 2.05. The predicted octanol–water partition coefficient (Wildman–Crippen LogP) is 3.55. The largest absolute Gasteiger partial charge is 0.488 e. The van der Waals surface area contributed by atoms with Gasteiger partial charge in [-0.25, -0.2) is 9.37 Å². The fourth-order valence-corrected chi connectivity index (χ4v) is 2.56. The van der Waals surface area contributed by atoms with Crippen molar-refractivity contribution in [2.24, 2.45) is 0 Å². The van der Waals surface area contributed by atoms with Crippen LogP contribution in [0.1, 0.15) is 11.1 Å². The van der Waals surface area contributed by atoms with Crippen LogP contribution in [0.15, 0.2) is 42.5 Å². The lowest BCUT2D eigenvalue weighted by molar-refractivity contribution is 0.301. The van der Waals surface area contributed by atoms with Crippen LogP contribution in [0.2, 0.25) is 5.02 Å². The molecule has 0 spiro atoms. The molecule has 8 heteroatoms. The highest BCUT2D eigenvalue weighted by Gasteiger charge is 2.18.